The molecule has 0 spiro atoms. The smallest absolute Gasteiger partial charge is 0.220 e. The van der Waals surface area contributed by atoms with Gasteiger partial charge in [0.05, 0.1) is 0 Å². The third kappa shape index (κ3) is 5.21. The molecule has 1 rings (SSSR count). The molecule has 4 heteroatoms. The average molecular weight is 244 g/mol. The van der Waals surface area contributed by atoms with Gasteiger partial charge in [0.25, 0.3) is 0 Å². The summed E-state index contributed by atoms with van der Waals surface area (Å²) in [5.74, 6) is 0.201. The molecule has 0 aliphatic heterocycles. The molecule has 1 saturated carbocycles. The molecular weight excluding hydrogens is 220 g/mol. The van der Waals surface area contributed by atoms with Gasteiger partial charge in [-0.2, -0.15) is 11.8 Å². The molecule has 0 aromatic rings. The second-order valence-corrected chi connectivity index (χ2v) is 5.94. The number of carbonyl (C=O) groups is 1. The maximum Gasteiger partial charge on any atom is 0.220 e. The Kier molecular flexibility index (Phi) is 6.21. The van der Waals surface area contributed by atoms with E-state index >= 15 is 0 Å². The van der Waals surface area contributed by atoms with Crippen LogP contribution in [0.5, 0.6) is 0 Å². The van der Waals surface area contributed by atoms with Gasteiger partial charge >= 0.3 is 0 Å². The third-order valence-corrected chi connectivity index (χ3v) is 4.24. The first-order valence-corrected chi connectivity index (χ1v) is 7.48. The van der Waals surface area contributed by atoms with Crippen molar-refractivity contribution in [3.8, 4) is 0 Å². The molecule has 3 atom stereocenters. The molecule has 1 fully saturated rings. The molecule has 0 aromatic carbocycles. The molecular formula is C12H24N2OS. The van der Waals surface area contributed by atoms with Gasteiger partial charge < -0.3 is 11.1 Å². The largest absolute Gasteiger partial charge is 0.353 e. The zero-order valence-electron chi connectivity index (χ0n) is 10.4. The molecule has 3 unspecified atom stereocenters. The van der Waals surface area contributed by atoms with Gasteiger partial charge in [0, 0.05) is 23.8 Å². The minimum Gasteiger partial charge on any atom is -0.353 e. The highest BCUT2D eigenvalue weighted by Gasteiger charge is 2.24. The number of hydrogen-bond donors (Lipinski definition) is 2. The number of nitrogens with two attached hydrogens (primary N) is 1. The monoisotopic (exact) mass is 244 g/mol. The molecule has 1 aliphatic carbocycles. The Morgan fingerprint density at radius 3 is 2.88 bits per heavy atom. The molecule has 0 saturated heterocycles. The minimum absolute atomic E-state index is 0.201. The van der Waals surface area contributed by atoms with E-state index in [1.54, 1.807) is 0 Å². The van der Waals surface area contributed by atoms with E-state index in [0.29, 0.717) is 12.5 Å². The van der Waals surface area contributed by atoms with Crippen molar-refractivity contribution in [3.05, 3.63) is 0 Å². The Bertz CT molecular complexity index is 221. The Labute approximate surface area is 103 Å². The maximum absolute atomic E-state index is 11.6. The molecule has 0 aromatic heterocycles. The highest BCUT2D eigenvalue weighted by atomic mass is 32.2. The fourth-order valence-electron chi connectivity index (χ4n) is 2.17. The lowest BCUT2D eigenvalue weighted by molar-refractivity contribution is -0.121. The van der Waals surface area contributed by atoms with Crippen molar-refractivity contribution in [2.24, 2.45) is 5.73 Å². The van der Waals surface area contributed by atoms with Gasteiger partial charge in [-0.1, -0.05) is 0 Å². The van der Waals surface area contributed by atoms with Gasteiger partial charge in [0.1, 0.15) is 0 Å². The third-order valence-electron chi connectivity index (χ3n) is 3.15. The first-order valence-electron chi connectivity index (χ1n) is 6.19. The second kappa shape index (κ2) is 7.17. The summed E-state index contributed by atoms with van der Waals surface area (Å²) < 4.78 is 0. The summed E-state index contributed by atoms with van der Waals surface area (Å²) in [6.45, 7) is 1.98. The van der Waals surface area contributed by atoms with Crippen molar-refractivity contribution in [2.45, 2.75) is 62.8 Å². The highest BCUT2D eigenvalue weighted by molar-refractivity contribution is 7.99. The van der Waals surface area contributed by atoms with E-state index in [4.69, 9.17) is 5.73 Å². The SMILES string of the molecule is CSC1CCC(NC(=O)CCCC(C)N)C1. The van der Waals surface area contributed by atoms with Gasteiger partial charge in [-0.3, -0.25) is 4.79 Å². The van der Waals surface area contributed by atoms with Gasteiger partial charge in [-0.25, -0.2) is 0 Å². The van der Waals surface area contributed by atoms with Crippen molar-refractivity contribution in [1.29, 1.82) is 0 Å². The summed E-state index contributed by atoms with van der Waals surface area (Å²) in [5.41, 5.74) is 5.64. The van der Waals surface area contributed by atoms with Crippen LogP contribution in [0.25, 0.3) is 0 Å². The predicted molar refractivity (Wildman–Crippen MR) is 70.6 cm³/mol. The lowest BCUT2D eigenvalue weighted by Gasteiger charge is -2.13. The van der Waals surface area contributed by atoms with E-state index in [9.17, 15) is 4.79 Å². The normalized spacial score (nSPS) is 26.7. The Hall–Kier alpha value is -0.220. The number of thioether (sulfide) groups is 1. The van der Waals surface area contributed by atoms with E-state index in [0.717, 1.165) is 30.9 Å². The number of nitrogens with one attached hydrogen (secondary N) is 1. The van der Waals surface area contributed by atoms with Crippen LogP contribution in [0.4, 0.5) is 0 Å². The Balaban J connectivity index is 2.10. The lowest BCUT2D eigenvalue weighted by Crippen LogP contribution is -2.33. The van der Waals surface area contributed by atoms with Gasteiger partial charge in [0.2, 0.25) is 5.91 Å². The fourth-order valence-corrected chi connectivity index (χ4v) is 2.97. The standard InChI is InChI=1S/C12H24N2OS/c1-9(13)4-3-5-12(15)14-10-6-7-11(8-10)16-2/h9-11H,3-8,13H2,1-2H3,(H,14,15). The van der Waals surface area contributed by atoms with Crippen LogP contribution in [0.1, 0.15) is 45.4 Å². The summed E-state index contributed by atoms with van der Waals surface area (Å²) in [5, 5.41) is 3.87. The van der Waals surface area contributed by atoms with Crippen molar-refractivity contribution >= 4 is 17.7 Å². The van der Waals surface area contributed by atoms with Crippen LogP contribution in [0, 0.1) is 0 Å². The zero-order valence-corrected chi connectivity index (χ0v) is 11.2. The van der Waals surface area contributed by atoms with Crippen LogP contribution in [0.3, 0.4) is 0 Å². The van der Waals surface area contributed by atoms with Gasteiger partial charge in [-0.15, -0.1) is 0 Å². The summed E-state index contributed by atoms with van der Waals surface area (Å²) in [7, 11) is 0. The van der Waals surface area contributed by atoms with Crippen molar-refractivity contribution in [2.75, 3.05) is 6.26 Å². The summed E-state index contributed by atoms with van der Waals surface area (Å²) in [4.78, 5) is 11.6. The number of rotatable bonds is 6. The predicted octanol–water partition coefficient (Wildman–Crippen LogP) is 1.90. The molecule has 0 heterocycles. The van der Waals surface area contributed by atoms with Crippen LogP contribution < -0.4 is 11.1 Å². The van der Waals surface area contributed by atoms with Crippen LogP contribution in [0.15, 0.2) is 0 Å². The van der Waals surface area contributed by atoms with Crippen LogP contribution in [0.2, 0.25) is 0 Å². The topological polar surface area (TPSA) is 55.1 Å². The van der Waals surface area contributed by atoms with Crippen LogP contribution >= 0.6 is 11.8 Å². The fraction of sp³-hybridized carbons (Fsp3) is 0.917. The molecule has 1 amide bonds. The second-order valence-electron chi connectivity index (χ2n) is 4.80. The first-order chi connectivity index (χ1) is 7.61. The maximum atomic E-state index is 11.6. The summed E-state index contributed by atoms with van der Waals surface area (Å²) >= 11 is 1.92. The number of hydrogen-bond acceptors (Lipinski definition) is 3. The Morgan fingerprint density at radius 2 is 2.31 bits per heavy atom. The van der Waals surface area contributed by atoms with E-state index in [1.165, 1.54) is 6.42 Å². The van der Waals surface area contributed by atoms with Crippen molar-refractivity contribution < 1.29 is 4.79 Å². The van der Waals surface area contributed by atoms with E-state index in [1.807, 2.05) is 18.7 Å². The van der Waals surface area contributed by atoms with E-state index < -0.39 is 0 Å². The van der Waals surface area contributed by atoms with Crippen molar-refractivity contribution in [1.82, 2.24) is 5.32 Å². The zero-order chi connectivity index (χ0) is 12.0. The number of amides is 1. The van der Waals surface area contributed by atoms with Gasteiger partial charge in [-0.05, 0) is 45.3 Å². The van der Waals surface area contributed by atoms with Crippen LogP contribution in [-0.2, 0) is 4.79 Å². The minimum atomic E-state index is 0.201. The van der Waals surface area contributed by atoms with E-state index in [2.05, 4.69) is 11.6 Å². The lowest BCUT2D eigenvalue weighted by atomic mass is 10.1. The molecule has 3 N–H and O–H groups in total. The van der Waals surface area contributed by atoms with Crippen molar-refractivity contribution in [3.63, 3.8) is 0 Å². The quantitative estimate of drug-likeness (QED) is 0.750. The summed E-state index contributed by atoms with van der Waals surface area (Å²) in [6.07, 6.45) is 8.14. The average Bonchev–Trinajstić information content (AvgIpc) is 2.65. The first kappa shape index (κ1) is 13.8. The van der Waals surface area contributed by atoms with Crippen LogP contribution in [-0.4, -0.2) is 29.5 Å². The molecule has 0 bridgehead atoms. The number of carbonyl (C=O) groups excluding carboxylic acids is 1. The molecule has 16 heavy (non-hydrogen) atoms. The van der Waals surface area contributed by atoms with Gasteiger partial charge in [0.15, 0.2) is 0 Å². The highest BCUT2D eigenvalue weighted by Crippen LogP contribution is 2.28. The molecule has 94 valence electrons. The molecule has 0 radical (unpaired) electrons. The molecule has 1 aliphatic rings. The molecule has 3 nitrogen and oxygen atoms in total. The van der Waals surface area contributed by atoms with E-state index in [-0.39, 0.29) is 11.9 Å². The Morgan fingerprint density at radius 1 is 1.56 bits per heavy atom. The summed E-state index contributed by atoms with van der Waals surface area (Å²) in [6, 6.07) is 0.625.